The predicted molar refractivity (Wildman–Crippen MR) is 132 cm³/mol. The van der Waals surface area contributed by atoms with E-state index in [1.54, 1.807) is 27.7 Å². The molecule has 1 aliphatic heterocycles. The Balaban J connectivity index is 1.47. The van der Waals surface area contributed by atoms with Crippen molar-refractivity contribution in [2.45, 2.75) is 55.8 Å². The zero-order valence-corrected chi connectivity index (χ0v) is 20.9. The molecule has 0 bridgehead atoms. The minimum absolute atomic E-state index is 0.0943. The molecule has 2 aliphatic rings. The van der Waals surface area contributed by atoms with Gasteiger partial charge in [-0.25, -0.2) is 17.8 Å². The van der Waals surface area contributed by atoms with Crippen LogP contribution in [0.25, 0.3) is 0 Å². The van der Waals surface area contributed by atoms with E-state index >= 15 is 0 Å². The van der Waals surface area contributed by atoms with Crippen molar-refractivity contribution in [2.24, 2.45) is 5.92 Å². The van der Waals surface area contributed by atoms with Crippen LogP contribution in [0.1, 0.15) is 47.3 Å². The van der Waals surface area contributed by atoms with Gasteiger partial charge in [0.25, 0.3) is 5.91 Å². The van der Waals surface area contributed by atoms with Gasteiger partial charge in [-0.1, -0.05) is 36.4 Å². The Morgan fingerprint density at radius 1 is 1.08 bits per heavy atom. The number of sulfone groups is 1. The normalized spacial score (nSPS) is 17.9. The molecule has 7 nitrogen and oxygen atoms in total. The molecule has 1 unspecified atom stereocenters. The number of benzene rings is 2. The van der Waals surface area contributed by atoms with E-state index in [9.17, 15) is 17.6 Å². The highest BCUT2D eigenvalue weighted by molar-refractivity contribution is 7.90. The quantitative estimate of drug-likeness (QED) is 0.407. The van der Waals surface area contributed by atoms with Gasteiger partial charge in [-0.05, 0) is 49.8 Å². The average molecular weight is 512 g/mol. The second-order valence-corrected chi connectivity index (χ2v) is 11.5. The van der Waals surface area contributed by atoms with E-state index in [1.807, 2.05) is 18.2 Å². The van der Waals surface area contributed by atoms with E-state index in [0.29, 0.717) is 36.9 Å². The number of carbonyl (C=O) groups excluding carboxylic acids is 1. The second kappa shape index (κ2) is 10.5. The molecular formula is C27H30FN3O4S. The summed E-state index contributed by atoms with van der Waals surface area (Å²) in [6.07, 6.45) is 5.28. The van der Waals surface area contributed by atoms with Gasteiger partial charge in [-0.3, -0.25) is 4.79 Å². The van der Waals surface area contributed by atoms with Crippen LogP contribution < -0.4 is 0 Å². The number of imidazole rings is 1. The Hall–Kier alpha value is -3.04. The van der Waals surface area contributed by atoms with Gasteiger partial charge >= 0.3 is 0 Å². The third kappa shape index (κ3) is 5.68. The van der Waals surface area contributed by atoms with Gasteiger partial charge in [0.2, 0.25) is 15.0 Å². The summed E-state index contributed by atoms with van der Waals surface area (Å²) in [4.78, 5) is 19.4. The van der Waals surface area contributed by atoms with Gasteiger partial charge in [0.05, 0.1) is 36.8 Å². The summed E-state index contributed by atoms with van der Waals surface area (Å²) in [5.41, 5.74) is 1.32. The van der Waals surface area contributed by atoms with Gasteiger partial charge < -0.3 is 14.2 Å². The van der Waals surface area contributed by atoms with Crippen molar-refractivity contribution in [3.8, 4) is 0 Å². The van der Waals surface area contributed by atoms with Crippen LogP contribution in [0.15, 0.2) is 66.0 Å². The topological polar surface area (TPSA) is 81.5 Å². The zero-order valence-electron chi connectivity index (χ0n) is 20.1. The Morgan fingerprint density at radius 3 is 2.53 bits per heavy atom. The van der Waals surface area contributed by atoms with Crippen molar-refractivity contribution in [3.63, 3.8) is 0 Å². The van der Waals surface area contributed by atoms with E-state index in [0.717, 1.165) is 25.7 Å². The Bertz CT molecular complexity index is 1320. The summed E-state index contributed by atoms with van der Waals surface area (Å²) in [6, 6.07) is 15.0. The number of hydrogen-bond acceptors (Lipinski definition) is 5. The maximum Gasteiger partial charge on any atom is 0.254 e. The number of nitrogens with zero attached hydrogens (tertiary/aromatic N) is 3. The minimum atomic E-state index is -3.95. The van der Waals surface area contributed by atoms with Crippen molar-refractivity contribution >= 4 is 15.7 Å². The highest BCUT2D eigenvalue weighted by Crippen LogP contribution is 2.31. The van der Waals surface area contributed by atoms with Crippen LogP contribution in [-0.2, 0) is 33.4 Å². The van der Waals surface area contributed by atoms with E-state index in [2.05, 4.69) is 4.98 Å². The lowest BCUT2D eigenvalue weighted by molar-refractivity contribution is 0.0723. The average Bonchev–Trinajstić information content (AvgIpc) is 3.37. The summed E-state index contributed by atoms with van der Waals surface area (Å²) in [5.74, 6) is -0.696. The van der Waals surface area contributed by atoms with Crippen LogP contribution in [0.5, 0.6) is 0 Å². The highest BCUT2D eigenvalue weighted by Gasteiger charge is 2.31. The molecule has 1 saturated carbocycles. The predicted octanol–water partition coefficient (Wildman–Crippen LogP) is 4.23. The van der Waals surface area contributed by atoms with E-state index in [-0.39, 0.29) is 29.3 Å². The molecule has 0 spiro atoms. The first-order valence-electron chi connectivity index (χ1n) is 12.4. The maximum atomic E-state index is 14.3. The molecule has 2 heterocycles. The van der Waals surface area contributed by atoms with Crippen LogP contribution in [0, 0.1) is 11.7 Å². The molecule has 1 saturated heterocycles. The highest BCUT2D eigenvalue weighted by atomic mass is 32.2. The van der Waals surface area contributed by atoms with Crippen LogP contribution in [0.4, 0.5) is 4.39 Å². The summed E-state index contributed by atoms with van der Waals surface area (Å²) in [6.45, 7) is 1.79. The number of amides is 1. The number of ether oxygens (including phenoxy) is 1. The van der Waals surface area contributed by atoms with E-state index in [1.165, 1.54) is 24.4 Å². The molecule has 2 fully saturated rings. The number of hydrogen-bond donors (Lipinski definition) is 0. The number of halogens is 1. The first kappa shape index (κ1) is 24.6. The molecule has 1 atom stereocenters. The third-order valence-corrected chi connectivity index (χ3v) is 8.30. The molecule has 1 aromatic heterocycles. The Kier molecular flexibility index (Phi) is 7.20. The maximum absolute atomic E-state index is 14.3. The van der Waals surface area contributed by atoms with E-state index in [4.69, 9.17) is 4.74 Å². The largest absolute Gasteiger partial charge is 0.376 e. The number of aromatic nitrogens is 2. The number of carbonyl (C=O) groups is 1. The van der Waals surface area contributed by atoms with Gasteiger partial charge in [0.1, 0.15) is 5.82 Å². The lowest BCUT2D eigenvalue weighted by Gasteiger charge is -2.24. The summed E-state index contributed by atoms with van der Waals surface area (Å²) in [5, 5.41) is -0.116. The lowest BCUT2D eigenvalue weighted by atomic mass is 10.2. The molecule has 0 radical (unpaired) electrons. The Morgan fingerprint density at radius 2 is 1.83 bits per heavy atom. The fourth-order valence-corrected chi connectivity index (χ4v) is 6.14. The fraction of sp³-hybridized carbons (Fsp3) is 0.407. The molecule has 3 aromatic rings. The molecule has 5 rings (SSSR count). The molecule has 2 aromatic carbocycles. The smallest absolute Gasteiger partial charge is 0.254 e. The zero-order chi connectivity index (χ0) is 25.1. The van der Waals surface area contributed by atoms with Crippen LogP contribution in [0.3, 0.4) is 0 Å². The van der Waals surface area contributed by atoms with Crippen LogP contribution in [0.2, 0.25) is 0 Å². The molecule has 190 valence electrons. The Labute approximate surface area is 210 Å². The number of rotatable bonds is 10. The van der Waals surface area contributed by atoms with Crippen LogP contribution in [-0.4, -0.2) is 48.0 Å². The molecule has 9 heteroatoms. The van der Waals surface area contributed by atoms with Crippen molar-refractivity contribution < 1.29 is 22.3 Å². The van der Waals surface area contributed by atoms with Crippen molar-refractivity contribution in [2.75, 3.05) is 13.2 Å². The summed E-state index contributed by atoms with van der Waals surface area (Å²) in [7, 11) is -3.95. The van der Waals surface area contributed by atoms with E-state index < -0.39 is 21.4 Å². The first-order valence-corrected chi connectivity index (χ1v) is 14.0. The lowest BCUT2D eigenvalue weighted by Crippen LogP contribution is -2.34. The molecule has 0 N–H and O–H groups in total. The van der Waals surface area contributed by atoms with Gasteiger partial charge in [-0.15, -0.1) is 0 Å². The molecule has 1 amide bonds. The second-order valence-electron chi connectivity index (χ2n) is 9.62. The molecular weight excluding hydrogens is 481 g/mol. The molecule has 36 heavy (non-hydrogen) atoms. The third-order valence-electron chi connectivity index (χ3n) is 6.73. The van der Waals surface area contributed by atoms with Crippen molar-refractivity contribution in [1.29, 1.82) is 0 Å². The minimum Gasteiger partial charge on any atom is -0.376 e. The van der Waals surface area contributed by atoms with Crippen LogP contribution >= 0.6 is 0 Å². The van der Waals surface area contributed by atoms with Gasteiger partial charge in [-0.2, -0.15) is 0 Å². The van der Waals surface area contributed by atoms with Crippen molar-refractivity contribution in [3.05, 3.63) is 83.4 Å². The van der Waals surface area contributed by atoms with Gasteiger partial charge in [0.15, 0.2) is 0 Å². The van der Waals surface area contributed by atoms with Gasteiger partial charge in [0, 0.05) is 24.3 Å². The summed E-state index contributed by atoms with van der Waals surface area (Å²) >= 11 is 0. The van der Waals surface area contributed by atoms with Crippen molar-refractivity contribution in [1.82, 2.24) is 14.5 Å². The monoisotopic (exact) mass is 511 g/mol. The fourth-order valence-electron chi connectivity index (χ4n) is 4.63. The summed E-state index contributed by atoms with van der Waals surface area (Å²) < 4.78 is 48.6. The first-order chi connectivity index (χ1) is 17.4. The standard InChI is InChI=1S/C27H30FN3O4S/c28-25-11-5-4-9-22(25)19-36(33,34)27-29-15-23(31(27)18-24-10-6-14-35-24)17-30(16-20-12-13-20)26(32)21-7-2-1-3-8-21/h1-5,7-9,11,15,20,24H,6,10,12-14,16-19H2. The SMILES string of the molecule is O=C(c1ccccc1)N(Cc1cnc(S(=O)(=O)Cc2ccccc2F)n1CC1CCCO1)CC1CC1. The molecule has 1 aliphatic carbocycles.